The van der Waals surface area contributed by atoms with Gasteiger partial charge in [-0.2, -0.15) is 0 Å². The molecule has 32 heavy (non-hydrogen) atoms. The Morgan fingerprint density at radius 1 is 0.969 bits per heavy atom. The molecule has 168 valence electrons. The van der Waals surface area contributed by atoms with E-state index in [4.69, 9.17) is 14.7 Å². The van der Waals surface area contributed by atoms with Crippen LogP contribution in [-0.2, 0) is 6.54 Å². The number of aryl methyl sites for hydroxylation is 3. The highest BCUT2D eigenvalue weighted by molar-refractivity contribution is 7.15. The Balaban J connectivity index is 0.00000204. The fraction of sp³-hybridized carbons (Fsp3) is 0.240. The zero-order chi connectivity index (χ0) is 22.5. The molecule has 4 rings (SSSR count). The van der Waals surface area contributed by atoms with E-state index in [2.05, 4.69) is 47.7 Å². The molecule has 0 fully saturated rings. The summed E-state index contributed by atoms with van der Waals surface area (Å²) in [7, 11) is 0. The molecule has 2 aromatic heterocycles. The van der Waals surface area contributed by atoms with Crippen LogP contribution < -0.4 is 15.4 Å². The van der Waals surface area contributed by atoms with Crippen molar-refractivity contribution in [2.75, 3.05) is 17.2 Å². The summed E-state index contributed by atoms with van der Waals surface area (Å²) in [5, 5.41) is 7.66. The minimum absolute atomic E-state index is 0. The standard InChI is InChI=1S/C25H27N5OS.2H2/c1-5-31-21-8-6-7-19(14-21)27-15-23-18(4)28-24(32-23)22-9-10-26-25(30-22)29-20-12-16(2)11-17(3)13-20;;/h6-14,27H,5,15H2,1-4H3,(H,26,29,30);2*1H. The highest BCUT2D eigenvalue weighted by atomic mass is 32.1. The molecule has 0 bridgehead atoms. The third-order valence-corrected chi connectivity index (χ3v) is 6.02. The second kappa shape index (κ2) is 9.78. The Kier molecular flexibility index (Phi) is 6.66. The highest BCUT2D eigenvalue weighted by Crippen LogP contribution is 2.28. The summed E-state index contributed by atoms with van der Waals surface area (Å²) in [5.41, 5.74) is 6.21. The minimum atomic E-state index is 0. The summed E-state index contributed by atoms with van der Waals surface area (Å²) in [5.74, 6) is 1.43. The van der Waals surface area contributed by atoms with Gasteiger partial charge in [0.25, 0.3) is 0 Å². The molecule has 2 N–H and O–H groups in total. The zero-order valence-electron chi connectivity index (χ0n) is 18.8. The smallest absolute Gasteiger partial charge is 0.227 e. The lowest BCUT2D eigenvalue weighted by Gasteiger charge is -2.08. The van der Waals surface area contributed by atoms with Crippen molar-refractivity contribution < 1.29 is 7.59 Å². The summed E-state index contributed by atoms with van der Waals surface area (Å²) in [4.78, 5) is 15.0. The van der Waals surface area contributed by atoms with Gasteiger partial charge in [-0.15, -0.1) is 11.3 Å². The molecule has 0 unspecified atom stereocenters. The van der Waals surface area contributed by atoms with E-state index < -0.39 is 0 Å². The van der Waals surface area contributed by atoms with Gasteiger partial charge in [-0.3, -0.25) is 0 Å². The van der Waals surface area contributed by atoms with Crippen LogP contribution in [0.1, 0.15) is 31.5 Å². The Labute approximate surface area is 195 Å². The number of hydrogen-bond acceptors (Lipinski definition) is 7. The quantitative estimate of drug-likeness (QED) is 0.309. The minimum Gasteiger partial charge on any atom is -0.494 e. The second-order valence-corrected chi connectivity index (χ2v) is 8.69. The zero-order valence-corrected chi connectivity index (χ0v) is 19.6. The summed E-state index contributed by atoms with van der Waals surface area (Å²) >= 11 is 1.64. The van der Waals surface area contributed by atoms with Crippen molar-refractivity contribution in [1.82, 2.24) is 15.0 Å². The number of aromatic nitrogens is 3. The van der Waals surface area contributed by atoms with E-state index in [1.165, 1.54) is 16.0 Å². The maximum Gasteiger partial charge on any atom is 0.227 e. The molecule has 0 aliphatic carbocycles. The molecule has 0 saturated carbocycles. The predicted molar refractivity (Wildman–Crippen MR) is 136 cm³/mol. The third kappa shape index (κ3) is 5.42. The average Bonchev–Trinajstić information content (AvgIpc) is 3.13. The van der Waals surface area contributed by atoms with E-state index in [9.17, 15) is 0 Å². The lowest BCUT2D eigenvalue weighted by Crippen LogP contribution is -1.99. The van der Waals surface area contributed by atoms with Crippen LogP contribution in [0.3, 0.4) is 0 Å². The van der Waals surface area contributed by atoms with E-state index in [-0.39, 0.29) is 2.85 Å². The number of benzene rings is 2. The topological polar surface area (TPSA) is 72.0 Å². The number of hydrogen-bond donors (Lipinski definition) is 2. The van der Waals surface area contributed by atoms with Crippen molar-refractivity contribution in [3.63, 3.8) is 0 Å². The summed E-state index contributed by atoms with van der Waals surface area (Å²) in [6, 6.07) is 16.2. The Morgan fingerprint density at radius 3 is 2.56 bits per heavy atom. The van der Waals surface area contributed by atoms with Crippen molar-refractivity contribution in [1.29, 1.82) is 0 Å². The Morgan fingerprint density at radius 2 is 1.78 bits per heavy atom. The van der Waals surface area contributed by atoms with Crippen LogP contribution in [0.25, 0.3) is 10.7 Å². The van der Waals surface area contributed by atoms with Gasteiger partial charge >= 0.3 is 0 Å². The van der Waals surface area contributed by atoms with Gasteiger partial charge in [0.15, 0.2) is 0 Å². The lowest BCUT2D eigenvalue weighted by molar-refractivity contribution is 0.340. The van der Waals surface area contributed by atoms with Gasteiger partial charge in [0.1, 0.15) is 16.5 Å². The fourth-order valence-electron chi connectivity index (χ4n) is 3.46. The number of anilines is 3. The summed E-state index contributed by atoms with van der Waals surface area (Å²) < 4.78 is 5.58. The van der Waals surface area contributed by atoms with Crippen LogP contribution in [0.5, 0.6) is 5.75 Å². The Bertz CT molecular complexity index is 1210. The molecular weight excluding hydrogens is 418 g/mol. The van der Waals surface area contributed by atoms with Gasteiger partial charge in [-0.25, -0.2) is 15.0 Å². The van der Waals surface area contributed by atoms with E-state index in [0.717, 1.165) is 33.5 Å². The van der Waals surface area contributed by atoms with Crippen LogP contribution in [-0.4, -0.2) is 21.6 Å². The van der Waals surface area contributed by atoms with Crippen LogP contribution in [0.2, 0.25) is 0 Å². The van der Waals surface area contributed by atoms with E-state index in [0.29, 0.717) is 19.1 Å². The van der Waals surface area contributed by atoms with Crippen molar-refractivity contribution in [3.8, 4) is 16.5 Å². The maximum atomic E-state index is 5.58. The molecule has 7 heteroatoms. The first-order valence-electron chi connectivity index (χ1n) is 10.6. The number of rotatable bonds is 8. The third-order valence-electron chi connectivity index (χ3n) is 4.84. The van der Waals surface area contributed by atoms with Gasteiger partial charge in [0.2, 0.25) is 5.95 Å². The SMILES string of the molecule is CCOc1cccc(NCc2sc(-c3ccnc(Nc4cc(C)cc(C)c4)n3)nc2C)c1.[HH].[HH]. The van der Waals surface area contributed by atoms with Crippen LogP contribution in [0.15, 0.2) is 54.7 Å². The van der Waals surface area contributed by atoms with E-state index >= 15 is 0 Å². The number of ether oxygens (including phenoxy) is 1. The molecule has 0 aliphatic heterocycles. The number of thiazole rings is 1. The average molecular weight is 450 g/mol. The highest BCUT2D eigenvalue weighted by Gasteiger charge is 2.12. The molecule has 2 heterocycles. The van der Waals surface area contributed by atoms with Crippen LogP contribution >= 0.6 is 11.3 Å². The van der Waals surface area contributed by atoms with Crippen molar-refractivity contribution in [2.24, 2.45) is 0 Å². The largest absolute Gasteiger partial charge is 0.494 e. The monoisotopic (exact) mass is 449 g/mol. The molecule has 4 aromatic rings. The molecule has 0 spiro atoms. The number of nitrogens with one attached hydrogen (secondary N) is 2. The maximum absolute atomic E-state index is 5.58. The van der Waals surface area contributed by atoms with Crippen molar-refractivity contribution >= 4 is 28.7 Å². The van der Waals surface area contributed by atoms with E-state index in [1.807, 2.05) is 44.2 Å². The van der Waals surface area contributed by atoms with Crippen molar-refractivity contribution in [3.05, 3.63) is 76.4 Å². The van der Waals surface area contributed by atoms with Crippen LogP contribution in [0, 0.1) is 20.8 Å². The van der Waals surface area contributed by atoms with E-state index in [1.54, 1.807) is 17.5 Å². The van der Waals surface area contributed by atoms with Crippen LogP contribution in [0.4, 0.5) is 17.3 Å². The Hall–Kier alpha value is -3.45. The normalized spacial score (nSPS) is 10.8. The predicted octanol–water partition coefficient (Wildman–Crippen LogP) is 6.77. The molecular formula is C25H31N5OS. The number of nitrogens with zero attached hydrogens (tertiary/aromatic N) is 3. The van der Waals surface area contributed by atoms with Crippen molar-refractivity contribution in [2.45, 2.75) is 34.2 Å². The lowest BCUT2D eigenvalue weighted by atomic mass is 10.1. The first kappa shape index (κ1) is 21.8. The first-order chi connectivity index (χ1) is 15.5. The first-order valence-corrected chi connectivity index (χ1v) is 11.4. The molecule has 0 aliphatic rings. The van der Waals surface area contributed by atoms with Gasteiger partial charge < -0.3 is 15.4 Å². The molecule has 0 saturated heterocycles. The van der Waals surface area contributed by atoms with Gasteiger partial charge in [-0.1, -0.05) is 12.1 Å². The fourth-order valence-corrected chi connectivity index (χ4v) is 4.43. The van der Waals surface area contributed by atoms with Gasteiger partial charge in [0.05, 0.1) is 18.8 Å². The summed E-state index contributed by atoms with van der Waals surface area (Å²) in [6.45, 7) is 9.52. The second-order valence-electron chi connectivity index (χ2n) is 7.61. The van der Waals surface area contributed by atoms with Gasteiger partial charge in [0, 0.05) is 31.4 Å². The molecule has 6 nitrogen and oxygen atoms in total. The molecule has 2 aromatic carbocycles. The molecule has 0 amide bonds. The molecule has 0 atom stereocenters. The molecule has 0 radical (unpaired) electrons. The van der Waals surface area contributed by atoms with Gasteiger partial charge in [-0.05, 0) is 69.2 Å². The summed E-state index contributed by atoms with van der Waals surface area (Å²) in [6.07, 6.45) is 1.77.